The van der Waals surface area contributed by atoms with E-state index < -0.39 is 6.10 Å². The lowest BCUT2D eigenvalue weighted by Gasteiger charge is -2.15. The number of ether oxygens (including phenoxy) is 2. The maximum absolute atomic E-state index is 12.0. The Hall–Kier alpha value is -2.40. The van der Waals surface area contributed by atoms with Gasteiger partial charge in [0.15, 0.2) is 6.10 Å². The van der Waals surface area contributed by atoms with Gasteiger partial charge >= 0.3 is 11.9 Å². The van der Waals surface area contributed by atoms with E-state index in [-0.39, 0.29) is 25.2 Å². The number of esters is 2. The van der Waals surface area contributed by atoms with Crippen LogP contribution in [0, 0.1) is 0 Å². The van der Waals surface area contributed by atoms with Crippen LogP contribution < -0.4 is 0 Å². The van der Waals surface area contributed by atoms with Crippen LogP contribution in [0.5, 0.6) is 0 Å². The Kier molecular flexibility index (Phi) is 28.3. The van der Waals surface area contributed by atoms with E-state index in [0.717, 1.165) is 89.9 Å². The van der Waals surface area contributed by atoms with E-state index in [1.807, 2.05) is 6.08 Å². The van der Waals surface area contributed by atoms with Gasteiger partial charge in [0.2, 0.25) is 0 Å². The van der Waals surface area contributed by atoms with Crippen LogP contribution in [0.25, 0.3) is 0 Å². The van der Waals surface area contributed by atoms with Gasteiger partial charge in [-0.3, -0.25) is 9.59 Å². The Labute approximate surface area is 239 Å². The smallest absolute Gasteiger partial charge is 0.306 e. The van der Waals surface area contributed by atoms with Gasteiger partial charge in [0.1, 0.15) is 6.61 Å². The Morgan fingerprint density at radius 3 is 1.79 bits per heavy atom. The molecule has 0 saturated heterocycles. The maximum atomic E-state index is 12.0. The molecule has 1 unspecified atom stereocenters. The minimum atomic E-state index is -0.786. The summed E-state index contributed by atoms with van der Waals surface area (Å²) >= 11 is 0. The number of hydrogen-bond donors (Lipinski definition) is 1. The van der Waals surface area contributed by atoms with E-state index in [4.69, 9.17) is 9.47 Å². The van der Waals surface area contributed by atoms with Crippen molar-refractivity contribution in [2.45, 2.75) is 129 Å². The summed E-state index contributed by atoms with van der Waals surface area (Å²) < 4.78 is 10.5. The van der Waals surface area contributed by atoms with Crippen LogP contribution in [0.15, 0.2) is 60.8 Å². The standard InChI is InChI=1S/C34H56O5/c1-3-5-7-9-11-13-15-17-19-20-22-24-26-28-33(36)38-31-32(30-35)39-34(37)29-27-25-23-21-18-16-14-12-10-8-6-4-2/h5-9,11-15,32,35H,3-4,10,16-31H2,1-2H3/b7-5+,8-6+,11-9+,14-12+,15-13+. The molecule has 5 nitrogen and oxygen atoms in total. The third-order valence-electron chi connectivity index (χ3n) is 6.12. The molecule has 5 heteroatoms. The number of unbranched alkanes of at least 4 members (excludes halogenated alkanes) is 10. The average molecular weight is 545 g/mol. The van der Waals surface area contributed by atoms with E-state index in [2.05, 4.69) is 68.5 Å². The van der Waals surface area contributed by atoms with Gasteiger partial charge in [-0.25, -0.2) is 0 Å². The third kappa shape index (κ3) is 28.4. The lowest BCUT2D eigenvalue weighted by atomic mass is 10.1. The molecule has 0 aromatic heterocycles. The Balaban J connectivity index is 3.68. The molecule has 0 saturated carbocycles. The second-order valence-corrected chi connectivity index (χ2v) is 9.83. The van der Waals surface area contributed by atoms with Crippen molar-refractivity contribution in [1.82, 2.24) is 0 Å². The van der Waals surface area contributed by atoms with Crippen molar-refractivity contribution in [3.8, 4) is 0 Å². The molecular weight excluding hydrogens is 488 g/mol. The summed E-state index contributed by atoms with van der Waals surface area (Å²) in [6.07, 6.45) is 37.0. The van der Waals surface area contributed by atoms with Gasteiger partial charge in [0, 0.05) is 12.8 Å². The zero-order chi connectivity index (χ0) is 28.7. The van der Waals surface area contributed by atoms with Gasteiger partial charge in [-0.2, -0.15) is 0 Å². The Bertz CT molecular complexity index is 717. The van der Waals surface area contributed by atoms with E-state index in [9.17, 15) is 14.7 Å². The predicted octanol–water partition coefficient (Wildman–Crippen LogP) is 8.89. The summed E-state index contributed by atoms with van der Waals surface area (Å²) in [6, 6.07) is 0. The lowest BCUT2D eigenvalue weighted by Crippen LogP contribution is -2.28. The van der Waals surface area contributed by atoms with Crippen molar-refractivity contribution in [2.24, 2.45) is 0 Å². The number of aliphatic hydroxyl groups is 1. The molecule has 0 aliphatic heterocycles. The predicted molar refractivity (Wildman–Crippen MR) is 163 cm³/mol. The molecule has 0 rings (SSSR count). The number of carbonyl (C=O) groups is 2. The normalized spacial score (nSPS) is 13.0. The van der Waals surface area contributed by atoms with Crippen LogP contribution in [0.2, 0.25) is 0 Å². The molecule has 1 N–H and O–H groups in total. The molecule has 0 radical (unpaired) electrons. The van der Waals surface area contributed by atoms with Crippen molar-refractivity contribution in [2.75, 3.05) is 13.2 Å². The Morgan fingerprint density at radius 1 is 0.615 bits per heavy atom. The first-order valence-corrected chi connectivity index (χ1v) is 15.4. The summed E-state index contributed by atoms with van der Waals surface area (Å²) in [5.74, 6) is -0.643. The highest BCUT2D eigenvalue weighted by Crippen LogP contribution is 2.11. The monoisotopic (exact) mass is 544 g/mol. The summed E-state index contributed by atoms with van der Waals surface area (Å²) in [5.41, 5.74) is 0. The van der Waals surface area contributed by atoms with Crippen molar-refractivity contribution in [3.63, 3.8) is 0 Å². The molecule has 0 fully saturated rings. The van der Waals surface area contributed by atoms with Crippen LogP contribution >= 0.6 is 0 Å². The first-order valence-electron chi connectivity index (χ1n) is 15.4. The van der Waals surface area contributed by atoms with Crippen molar-refractivity contribution >= 4 is 11.9 Å². The minimum Gasteiger partial charge on any atom is -0.462 e. The summed E-state index contributed by atoms with van der Waals surface area (Å²) in [7, 11) is 0. The molecule has 0 amide bonds. The van der Waals surface area contributed by atoms with E-state index >= 15 is 0 Å². The zero-order valence-corrected chi connectivity index (χ0v) is 24.9. The summed E-state index contributed by atoms with van der Waals surface area (Å²) in [4.78, 5) is 24.0. The average Bonchev–Trinajstić information content (AvgIpc) is 2.94. The highest BCUT2D eigenvalue weighted by atomic mass is 16.6. The summed E-state index contributed by atoms with van der Waals surface area (Å²) in [6.45, 7) is 3.83. The lowest BCUT2D eigenvalue weighted by molar-refractivity contribution is -0.161. The fraction of sp³-hybridized carbons (Fsp3) is 0.647. The SMILES string of the molecule is CC/C=C/C=C/C=C/CCCCCCCC(=O)OCC(CO)OC(=O)CCCCCCC/C=C/C/C=C/CC. The topological polar surface area (TPSA) is 72.8 Å². The van der Waals surface area contributed by atoms with Gasteiger partial charge in [-0.1, -0.05) is 113 Å². The second-order valence-electron chi connectivity index (χ2n) is 9.83. The maximum Gasteiger partial charge on any atom is 0.306 e. The van der Waals surface area contributed by atoms with Gasteiger partial charge in [-0.15, -0.1) is 0 Å². The molecule has 0 bridgehead atoms. The first kappa shape index (κ1) is 36.6. The molecule has 222 valence electrons. The fourth-order valence-corrected chi connectivity index (χ4v) is 3.82. The van der Waals surface area contributed by atoms with Gasteiger partial charge < -0.3 is 14.6 Å². The molecule has 1 atom stereocenters. The van der Waals surface area contributed by atoms with E-state index in [0.29, 0.717) is 12.8 Å². The largest absolute Gasteiger partial charge is 0.462 e. The number of aliphatic hydroxyl groups excluding tert-OH is 1. The van der Waals surface area contributed by atoms with E-state index in [1.165, 1.54) is 6.42 Å². The van der Waals surface area contributed by atoms with E-state index in [1.54, 1.807) is 0 Å². The van der Waals surface area contributed by atoms with Crippen molar-refractivity contribution < 1.29 is 24.2 Å². The number of hydrogen-bond acceptors (Lipinski definition) is 5. The molecule has 0 aromatic rings. The minimum absolute atomic E-state index is 0.0855. The molecule has 0 spiro atoms. The summed E-state index contributed by atoms with van der Waals surface area (Å²) in [5, 5.41) is 9.47. The van der Waals surface area contributed by atoms with Gasteiger partial charge in [0.05, 0.1) is 6.61 Å². The highest BCUT2D eigenvalue weighted by Gasteiger charge is 2.16. The van der Waals surface area contributed by atoms with Crippen LogP contribution in [-0.2, 0) is 19.1 Å². The Morgan fingerprint density at radius 2 is 1.15 bits per heavy atom. The van der Waals surface area contributed by atoms with Crippen LogP contribution in [-0.4, -0.2) is 36.4 Å². The fourth-order valence-electron chi connectivity index (χ4n) is 3.82. The molecule has 0 aliphatic carbocycles. The first-order chi connectivity index (χ1) is 19.1. The molecule has 0 aliphatic rings. The number of rotatable bonds is 26. The van der Waals surface area contributed by atoms with Crippen LogP contribution in [0.4, 0.5) is 0 Å². The third-order valence-corrected chi connectivity index (χ3v) is 6.12. The van der Waals surface area contributed by atoms with Crippen LogP contribution in [0.1, 0.15) is 123 Å². The van der Waals surface area contributed by atoms with Crippen molar-refractivity contribution in [3.05, 3.63) is 60.8 Å². The highest BCUT2D eigenvalue weighted by molar-refractivity contribution is 5.70. The van der Waals surface area contributed by atoms with Crippen LogP contribution in [0.3, 0.4) is 0 Å². The number of allylic oxidation sites excluding steroid dienone is 10. The molecular formula is C34H56O5. The van der Waals surface area contributed by atoms with Crippen molar-refractivity contribution in [1.29, 1.82) is 0 Å². The van der Waals surface area contributed by atoms with Gasteiger partial charge in [0.25, 0.3) is 0 Å². The second kappa shape index (κ2) is 30.1. The van der Waals surface area contributed by atoms with Gasteiger partial charge in [-0.05, 0) is 57.8 Å². The molecule has 0 aromatic carbocycles. The number of carbonyl (C=O) groups excluding carboxylic acids is 2. The quantitative estimate of drug-likeness (QED) is 0.0509. The molecule has 0 heterocycles. The zero-order valence-electron chi connectivity index (χ0n) is 24.9. The molecule has 39 heavy (non-hydrogen) atoms.